The van der Waals surface area contributed by atoms with Crippen LogP contribution in [0.25, 0.3) is 0 Å². The number of aryl methyl sites for hydroxylation is 1. The zero-order valence-corrected chi connectivity index (χ0v) is 13.3. The Hall–Kier alpha value is -1.78. The van der Waals surface area contributed by atoms with Gasteiger partial charge in [-0.15, -0.1) is 0 Å². The third-order valence-electron chi connectivity index (χ3n) is 2.92. The third-order valence-corrected chi connectivity index (χ3v) is 3.38. The van der Waals surface area contributed by atoms with Crippen molar-refractivity contribution in [1.29, 1.82) is 0 Å². The van der Waals surface area contributed by atoms with E-state index in [4.69, 9.17) is 34.3 Å². The van der Waals surface area contributed by atoms with Gasteiger partial charge in [0.05, 0.1) is 0 Å². The first-order valence-corrected chi connectivity index (χ1v) is 7.37. The summed E-state index contributed by atoms with van der Waals surface area (Å²) in [6, 6.07) is 13.3. The minimum absolute atomic E-state index is 0.341. The Bertz CT molecular complexity index is 646. The van der Waals surface area contributed by atoms with Crippen molar-refractivity contribution < 1.29 is 4.74 Å². The number of anilines is 1. The van der Waals surface area contributed by atoms with Gasteiger partial charge in [-0.3, -0.25) is 0 Å². The second-order valence-corrected chi connectivity index (χ2v) is 5.52. The van der Waals surface area contributed by atoms with Crippen LogP contribution in [0.2, 0.25) is 5.02 Å². The van der Waals surface area contributed by atoms with E-state index in [2.05, 4.69) is 5.32 Å². The maximum absolute atomic E-state index is 5.99. The van der Waals surface area contributed by atoms with Crippen LogP contribution in [0, 0.1) is 6.92 Å². The van der Waals surface area contributed by atoms with Gasteiger partial charge in [0.1, 0.15) is 17.3 Å². The summed E-state index contributed by atoms with van der Waals surface area (Å²) in [5, 5.41) is 3.88. The van der Waals surface area contributed by atoms with E-state index in [1.807, 2.05) is 43.3 Å². The molecule has 5 heteroatoms. The minimum Gasteiger partial charge on any atom is -0.492 e. The lowest BCUT2D eigenvalue weighted by Gasteiger charge is -2.12. The second-order valence-electron chi connectivity index (χ2n) is 4.65. The van der Waals surface area contributed by atoms with Gasteiger partial charge in [-0.25, -0.2) is 0 Å². The van der Waals surface area contributed by atoms with Crippen LogP contribution >= 0.6 is 23.8 Å². The van der Waals surface area contributed by atoms with Gasteiger partial charge in [-0.05, 0) is 42.8 Å². The number of hydrogen-bond donors (Lipinski definition) is 2. The van der Waals surface area contributed by atoms with Gasteiger partial charge in [0, 0.05) is 22.8 Å². The van der Waals surface area contributed by atoms with Crippen LogP contribution in [0.5, 0.6) is 5.75 Å². The van der Waals surface area contributed by atoms with Crippen LogP contribution in [-0.4, -0.2) is 18.1 Å². The summed E-state index contributed by atoms with van der Waals surface area (Å²) in [6.45, 7) is 3.20. The maximum Gasteiger partial charge on any atom is 0.119 e. The van der Waals surface area contributed by atoms with Gasteiger partial charge in [0.2, 0.25) is 0 Å². The second kappa shape index (κ2) is 7.29. The molecule has 0 atom stereocenters. The average Bonchev–Trinajstić information content (AvgIpc) is 2.43. The molecule has 0 spiro atoms. The van der Waals surface area contributed by atoms with Crippen LogP contribution in [0.1, 0.15) is 11.1 Å². The molecule has 0 saturated heterocycles. The first-order valence-electron chi connectivity index (χ1n) is 6.59. The molecule has 3 N–H and O–H groups in total. The number of nitrogens with two attached hydrogens (primary N) is 1. The van der Waals surface area contributed by atoms with Gasteiger partial charge in [-0.1, -0.05) is 36.0 Å². The number of benzene rings is 2. The zero-order valence-electron chi connectivity index (χ0n) is 11.7. The third kappa shape index (κ3) is 4.62. The maximum atomic E-state index is 5.99. The Morgan fingerprint density at radius 1 is 1.29 bits per heavy atom. The summed E-state index contributed by atoms with van der Waals surface area (Å²) in [6.07, 6.45) is 0. The van der Waals surface area contributed by atoms with Crippen molar-refractivity contribution in [3.8, 4) is 5.75 Å². The van der Waals surface area contributed by atoms with Gasteiger partial charge >= 0.3 is 0 Å². The minimum atomic E-state index is 0.341. The topological polar surface area (TPSA) is 47.3 Å². The summed E-state index contributed by atoms with van der Waals surface area (Å²) in [5.74, 6) is 0.859. The molecule has 0 aliphatic carbocycles. The monoisotopic (exact) mass is 320 g/mol. The number of thiocarbonyl (C=S) groups is 1. The Morgan fingerprint density at radius 3 is 2.81 bits per heavy atom. The van der Waals surface area contributed by atoms with E-state index in [9.17, 15) is 0 Å². The van der Waals surface area contributed by atoms with Crippen molar-refractivity contribution in [2.24, 2.45) is 5.73 Å². The lowest BCUT2D eigenvalue weighted by Crippen LogP contribution is -2.16. The molecule has 0 aromatic heterocycles. The molecule has 0 saturated carbocycles. The fraction of sp³-hybridized carbons (Fsp3) is 0.188. The summed E-state index contributed by atoms with van der Waals surface area (Å²) in [7, 11) is 0. The Labute approximate surface area is 135 Å². The van der Waals surface area contributed by atoms with E-state index in [0.717, 1.165) is 17.0 Å². The molecule has 0 unspecified atom stereocenters. The standard InChI is InChI=1S/C16H17ClN2OS/c1-11-3-2-4-13(9-11)20-8-7-19-15-10-12(17)5-6-14(15)16(18)21/h2-6,9-10,19H,7-8H2,1H3,(H2,18,21). The molecular formula is C16H17ClN2OS. The number of nitrogens with one attached hydrogen (secondary N) is 1. The fourth-order valence-corrected chi connectivity index (χ4v) is 2.29. The van der Waals surface area contributed by atoms with Crippen molar-refractivity contribution in [3.63, 3.8) is 0 Å². The first kappa shape index (κ1) is 15.6. The van der Waals surface area contributed by atoms with Crippen LogP contribution < -0.4 is 15.8 Å². The van der Waals surface area contributed by atoms with Gasteiger partial charge in [0.15, 0.2) is 0 Å². The number of rotatable bonds is 6. The molecule has 0 amide bonds. The fourth-order valence-electron chi connectivity index (χ4n) is 1.94. The molecule has 0 heterocycles. The Kier molecular flexibility index (Phi) is 5.42. The van der Waals surface area contributed by atoms with E-state index in [0.29, 0.717) is 23.2 Å². The highest BCUT2D eigenvalue weighted by Crippen LogP contribution is 2.21. The predicted octanol–water partition coefficient (Wildman–Crippen LogP) is 3.77. The Balaban J connectivity index is 1.91. The number of hydrogen-bond acceptors (Lipinski definition) is 3. The lowest BCUT2D eigenvalue weighted by molar-refractivity contribution is 0.332. The van der Waals surface area contributed by atoms with Crippen molar-refractivity contribution in [1.82, 2.24) is 0 Å². The molecule has 2 aromatic carbocycles. The van der Waals surface area contributed by atoms with E-state index in [1.54, 1.807) is 6.07 Å². The molecular weight excluding hydrogens is 304 g/mol. The zero-order chi connectivity index (χ0) is 15.2. The molecule has 0 aliphatic rings. The molecule has 110 valence electrons. The lowest BCUT2D eigenvalue weighted by atomic mass is 10.2. The first-order chi connectivity index (χ1) is 10.1. The Morgan fingerprint density at radius 2 is 2.10 bits per heavy atom. The van der Waals surface area contributed by atoms with Crippen molar-refractivity contribution in [3.05, 3.63) is 58.6 Å². The smallest absolute Gasteiger partial charge is 0.119 e. The van der Waals surface area contributed by atoms with Crippen LogP contribution in [-0.2, 0) is 0 Å². The summed E-state index contributed by atoms with van der Waals surface area (Å²) >= 11 is 11.0. The molecule has 2 rings (SSSR count). The molecule has 0 aliphatic heterocycles. The molecule has 21 heavy (non-hydrogen) atoms. The number of ether oxygens (including phenoxy) is 1. The van der Waals surface area contributed by atoms with Gasteiger partial charge < -0.3 is 15.8 Å². The molecule has 3 nitrogen and oxygen atoms in total. The summed E-state index contributed by atoms with van der Waals surface area (Å²) in [4.78, 5) is 0.341. The SMILES string of the molecule is Cc1cccc(OCCNc2cc(Cl)ccc2C(N)=S)c1. The highest BCUT2D eigenvalue weighted by atomic mass is 35.5. The predicted molar refractivity (Wildman–Crippen MR) is 92.5 cm³/mol. The quantitative estimate of drug-likeness (QED) is 0.628. The van der Waals surface area contributed by atoms with Crippen LogP contribution in [0.4, 0.5) is 5.69 Å². The number of halogens is 1. The molecule has 2 aromatic rings. The summed E-state index contributed by atoms with van der Waals surface area (Å²) < 4.78 is 5.68. The van der Waals surface area contributed by atoms with E-state index < -0.39 is 0 Å². The normalized spacial score (nSPS) is 10.2. The highest BCUT2D eigenvalue weighted by Gasteiger charge is 2.05. The molecule has 0 bridgehead atoms. The summed E-state index contributed by atoms with van der Waals surface area (Å²) in [5.41, 5.74) is 8.47. The van der Waals surface area contributed by atoms with Crippen molar-refractivity contribution in [2.45, 2.75) is 6.92 Å². The van der Waals surface area contributed by atoms with E-state index >= 15 is 0 Å². The van der Waals surface area contributed by atoms with Crippen molar-refractivity contribution in [2.75, 3.05) is 18.5 Å². The van der Waals surface area contributed by atoms with Crippen LogP contribution in [0.3, 0.4) is 0 Å². The van der Waals surface area contributed by atoms with E-state index in [-0.39, 0.29) is 0 Å². The van der Waals surface area contributed by atoms with Gasteiger partial charge in [-0.2, -0.15) is 0 Å². The van der Waals surface area contributed by atoms with E-state index in [1.165, 1.54) is 5.56 Å². The van der Waals surface area contributed by atoms with Crippen LogP contribution in [0.15, 0.2) is 42.5 Å². The molecule has 0 radical (unpaired) electrons. The van der Waals surface area contributed by atoms with Gasteiger partial charge in [0.25, 0.3) is 0 Å². The highest BCUT2D eigenvalue weighted by molar-refractivity contribution is 7.80. The largest absolute Gasteiger partial charge is 0.492 e. The average molecular weight is 321 g/mol. The molecule has 0 fully saturated rings. The van der Waals surface area contributed by atoms with Crippen molar-refractivity contribution >= 4 is 34.5 Å².